The zero-order chi connectivity index (χ0) is 13.0. The van der Waals surface area contributed by atoms with E-state index in [-0.39, 0.29) is 12.2 Å². The van der Waals surface area contributed by atoms with Crippen molar-refractivity contribution in [1.29, 1.82) is 0 Å². The number of aliphatic hydroxyl groups is 1. The van der Waals surface area contributed by atoms with Crippen LogP contribution in [0.2, 0.25) is 0 Å². The number of hydrogen-bond acceptors (Lipinski definition) is 4. The number of ether oxygens (including phenoxy) is 1. The fourth-order valence-electron chi connectivity index (χ4n) is 2.35. The minimum atomic E-state index is -0.119. The van der Waals surface area contributed by atoms with Crippen LogP contribution in [0.3, 0.4) is 0 Å². The first-order valence-electron chi connectivity index (χ1n) is 6.68. The molecule has 1 aliphatic carbocycles. The van der Waals surface area contributed by atoms with Crippen molar-refractivity contribution in [3.05, 3.63) is 18.3 Å². The number of pyridine rings is 1. The quantitative estimate of drug-likeness (QED) is 0.842. The van der Waals surface area contributed by atoms with Crippen molar-refractivity contribution in [3.8, 4) is 5.75 Å². The van der Waals surface area contributed by atoms with Crippen molar-refractivity contribution >= 4 is 5.82 Å². The smallest absolute Gasteiger partial charge is 0.168 e. The Kier molecular flexibility index (Phi) is 4.42. The van der Waals surface area contributed by atoms with E-state index in [9.17, 15) is 5.11 Å². The van der Waals surface area contributed by atoms with Gasteiger partial charge in [0.2, 0.25) is 0 Å². The van der Waals surface area contributed by atoms with E-state index in [1.54, 1.807) is 6.20 Å². The number of aliphatic hydroxyl groups excluding tert-OH is 1. The second-order valence-corrected chi connectivity index (χ2v) is 5.23. The van der Waals surface area contributed by atoms with E-state index < -0.39 is 0 Å². The summed E-state index contributed by atoms with van der Waals surface area (Å²) in [5, 5.41) is 12.8. The van der Waals surface area contributed by atoms with Crippen LogP contribution in [0.1, 0.15) is 33.1 Å². The molecule has 1 fully saturated rings. The molecule has 1 aliphatic rings. The molecule has 2 unspecified atom stereocenters. The van der Waals surface area contributed by atoms with Crippen LogP contribution in [0.15, 0.2) is 18.3 Å². The average Bonchev–Trinajstić information content (AvgIpc) is 2.73. The second-order valence-electron chi connectivity index (χ2n) is 5.23. The molecule has 0 bridgehead atoms. The van der Waals surface area contributed by atoms with Crippen LogP contribution in [0.4, 0.5) is 5.82 Å². The van der Waals surface area contributed by atoms with Gasteiger partial charge in [-0.1, -0.05) is 0 Å². The van der Waals surface area contributed by atoms with E-state index in [0.717, 1.165) is 37.4 Å². The Bertz CT molecular complexity index is 382. The van der Waals surface area contributed by atoms with Gasteiger partial charge in [0.1, 0.15) is 0 Å². The third-order valence-corrected chi connectivity index (χ3v) is 3.21. The number of nitrogens with one attached hydrogen (secondary N) is 1. The summed E-state index contributed by atoms with van der Waals surface area (Å²) in [6, 6.07) is 3.81. The topological polar surface area (TPSA) is 54.4 Å². The molecule has 0 aliphatic heterocycles. The van der Waals surface area contributed by atoms with Gasteiger partial charge in [-0.2, -0.15) is 0 Å². The summed E-state index contributed by atoms with van der Waals surface area (Å²) in [6.07, 6.45) is 4.68. The van der Waals surface area contributed by atoms with Crippen molar-refractivity contribution < 1.29 is 9.84 Å². The van der Waals surface area contributed by atoms with E-state index in [1.165, 1.54) is 0 Å². The highest BCUT2D eigenvalue weighted by Crippen LogP contribution is 2.27. The van der Waals surface area contributed by atoms with Gasteiger partial charge in [0.15, 0.2) is 11.6 Å². The maximum absolute atomic E-state index is 9.50. The van der Waals surface area contributed by atoms with E-state index in [1.807, 2.05) is 26.0 Å². The SMILES string of the molecule is CC(C)Oc1cccnc1NCC1CCC(O)C1. The molecular weight excluding hydrogens is 228 g/mol. The average molecular weight is 250 g/mol. The maximum Gasteiger partial charge on any atom is 0.168 e. The van der Waals surface area contributed by atoms with Gasteiger partial charge in [-0.05, 0) is 51.2 Å². The first-order chi connectivity index (χ1) is 8.65. The second kappa shape index (κ2) is 6.05. The largest absolute Gasteiger partial charge is 0.487 e. The minimum absolute atomic E-state index is 0.119. The lowest BCUT2D eigenvalue weighted by Gasteiger charge is -2.16. The van der Waals surface area contributed by atoms with Gasteiger partial charge in [0.05, 0.1) is 12.2 Å². The third-order valence-electron chi connectivity index (χ3n) is 3.21. The maximum atomic E-state index is 9.50. The number of anilines is 1. The van der Waals surface area contributed by atoms with Gasteiger partial charge in [-0.3, -0.25) is 0 Å². The first-order valence-corrected chi connectivity index (χ1v) is 6.68. The van der Waals surface area contributed by atoms with Crippen LogP contribution in [0.5, 0.6) is 5.75 Å². The van der Waals surface area contributed by atoms with E-state index >= 15 is 0 Å². The van der Waals surface area contributed by atoms with Gasteiger partial charge in [-0.15, -0.1) is 0 Å². The monoisotopic (exact) mass is 250 g/mol. The lowest BCUT2D eigenvalue weighted by atomic mass is 10.1. The summed E-state index contributed by atoms with van der Waals surface area (Å²) in [5.41, 5.74) is 0. The molecule has 0 saturated heterocycles. The normalized spacial score (nSPS) is 23.3. The predicted octanol–water partition coefficient (Wildman–Crippen LogP) is 2.44. The molecular formula is C14H22N2O2. The zero-order valence-electron chi connectivity index (χ0n) is 11.1. The highest BCUT2D eigenvalue weighted by Gasteiger charge is 2.22. The number of hydrogen-bond donors (Lipinski definition) is 2. The van der Waals surface area contributed by atoms with Gasteiger partial charge in [0, 0.05) is 12.7 Å². The molecule has 18 heavy (non-hydrogen) atoms. The molecule has 4 nitrogen and oxygen atoms in total. The Balaban J connectivity index is 1.92. The molecule has 2 N–H and O–H groups in total. The van der Waals surface area contributed by atoms with E-state index in [0.29, 0.717) is 5.92 Å². The lowest BCUT2D eigenvalue weighted by Crippen LogP contribution is -2.15. The molecule has 0 amide bonds. The van der Waals surface area contributed by atoms with Crippen LogP contribution in [0.25, 0.3) is 0 Å². The summed E-state index contributed by atoms with van der Waals surface area (Å²) in [4.78, 5) is 4.31. The number of rotatable bonds is 5. The van der Waals surface area contributed by atoms with Gasteiger partial charge in [-0.25, -0.2) is 4.98 Å². The predicted molar refractivity (Wildman–Crippen MR) is 71.8 cm³/mol. The van der Waals surface area contributed by atoms with Crippen LogP contribution in [-0.2, 0) is 0 Å². The van der Waals surface area contributed by atoms with Crippen LogP contribution < -0.4 is 10.1 Å². The van der Waals surface area contributed by atoms with Crippen molar-refractivity contribution in [3.63, 3.8) is 0 Å². The van der Waals surface area contributed by atoms with Crippen molar-refractivity contribution in [2.75, 3.05) is 11.9 Å². The first kappa shape index (κ1) is 13.1. The van der Waals surface area contributed by atoms with Gasteiger partial charge < -0.3 is 15.2 Å². The summed E-state index contributed by atoms with van der Waals surface area (Å²) in [5.74, 6) is 2.13. The van der Waals surface area contributed by atoms with Gasteiger partial charge >= 0.3 is 0 Å². The Labute approximate surface area is 108 Å². The van der Waals surface area contributed by atoms with Crippen molar-refractivity contribution in [2.24, 2.45) is 5.92 Å². The summed E-state index contributed by atoms with van der Waals surface area (Å²) >= 11 is 0. The van der Waals surface area contributed by atoms with Crippen molar-refractivity contribution in [2.45, 2.75) is 45.3 Å². The standard InChI is InChI=1S/C14H22N2O2/c1-10(2)18-13-4-3-7-15-14(13)16-9-11-5-6-12(17)8-11/h3-4,7,10-12,17H,5-6,8-9H2,1-2H3,(H,15,16). The van der Waals surface area contributed by atoms with E-state index in [2.05, 4.69) is 10.3 Å². The summed E-state index contributed by atoms with van der Waals surface area (Å²) < 4.78 is 5.71. The molecule has 2 rings (SSSR count). The highest BCUT2D eigenvalue weighted by molar-refractivity contribution is 5.49. The molecule has 100 valence electrons. The lowest BCUT2D eigenvalue weighted by molar-refractivity contribution is 0.178. The summed E-state index contributed by atoms with van der Waals surface area (Å²) in [7, 11) is 0. The summed E-state index contributed by atoms with van der Waals surface area (Å²) in [6.45, 7) is 4.86. The molecule has 2 atom stereocenters. The van der Waals surface area contributed by atoms with Crippen LogP contribution in [-0.4, -0.2) is 28.8 Å². The fraction of sp³-hybridized carbons (Fsp3) is 0.643. The van der Waals surface area contributed by atoms with Crippen LogP contribution in [0, 0.1) is 5.92 Å². The molecule has 1 aromatic heterocycles. The number of nitrogens with zero attached hydrogens (tertiary/aromatic N) is 1. The minimum Gasteiger partial charge on any atom is -0.487 e. The van der Waals surface area contributed by atoms with Gasteiger partial charge in [0.25, 0.3) is 0 Å². The Morgan fingerprint density at radius 3 is 3.00 bits per heavy atom. The molecule has 1 saturated carbocycles. The molecule has 0 spiro atoms. The molecule has 4 heteroatoms. The Morgan fingerprint density at radius 2 is 2.33 bits per heavy atom. The Hall–Kier alpha value is -1.29. The fourth-order valence-corrected chi connectivity index (χ4v) is 2.35. The molecule has 0 aromatic carbocycles. The van der Waals surface area contributed by atoms with E-state index in [4.69, 9.17) is 4.74 Å². The third kappa shape index (κ3) is 3.60. The molecule has 1 heterocycles. The molecule has 0 radical (unpaired) electrons. The molecule has 1 aromatic rings. The zero-order valence-corrected chi connectivity index (χ0v) is 11.1. The Morgan fingerprint density at radius 1 is 1.50 bits per heavy atom. The number of aromatic nitrogens is 1. The van der Waals surface area contributed by atoms with Crippen molar-refractivity contribution in [1.82, 2.24) is 4.98 Å². The van der Waals surface area contributed by atoms with Crippen LogP contribution >= 0.6 is 0 Å². The highest BCUT2D eigenvalue weighted by atomic mass is 16.5.